The molecule has 0 aliphatic carbocycles. The lowest BCUT2D eigenvalue weighted by molar-refractivity contribution is -0.161. The molecule has 1 fully saturated rings. The summed E-state index contributed by atoms with van der Waals surface area (Å²) in [6.07, 6.45) is 52.2. The maximum Gasteiger partial charge on any atom is 0.472 e. The fraction of sp³-hybridized carbons (Fsp3) is 0.562. The third kappa shape index (κ3) is 35.4. The number of allylic oxidation sites excluding steroid dienone is 16. The molecule has 61 heavy (non-hydrogen) atoms. The van der Waals surface area contributed by atoms with Gasteiger partial charge in [0, 0.05) is 12.8 Å². The molecule has 1 aliphatic heterocycles. The molecule has 1 heterocycles. The smallest absolute Gasteiger partial charge is 0.472 e. The minimum absolute atomic E-state index is 0.0603. The minimum Gasteiger partial charge on any atom is -0.480 e. The fourth-order valence-electron chi connectivity index (χ4n) is 5.36. The number of carboxylic acids is 1. The van der Waals surface area contributed by atoms with Crippen LogP contribution in [0.2, 0.25) is 0 Å². The van der Waals surface area contributed by atoms with Gasteiger partial charge in [0.05, 0.1) is 25.4 Å². The molecule has 1 rings (SSSR count). The zero-order chi connectivity index (χ0) is 44.7. The van der Waals surface area contributed by atoms with Crippen LogP contribution in [-0.4, -0.2) is 72.1 Å². The van der Waals surface area contributed by atoms with Gasteiger partial charge in [-0.05, 0) is 89.9 Å². The Balaban J connectivity index is 2.38. The molecule has 0 aromatic carbocycles. The van der Waals surface area contributed by atoms with E-state index in [0.717, 1.165) is 64.2 Å². The first kappa shape index (κ1) is 55.1. The lowest BCUT2D eigenvalue weighted by Gasteiger charge is -2.20. The number of phosphoric acid groups is 1. The average molecular weight is 872 g/mol. The zero-order valence-electron chi connectivity index (χ0n) is 36.6. The molecule has 342 valence electrons. The van der Waals surface area contributed by atoms with Gasteiger partial charge in [0.2, 0.25) is 0 Å². The Kier molecular flexibility index (Phi) is 34.2. The van der Waals surface area contributed by atoms with E-state index in [4.69, 9.17) is 29.6 Å². The molecule has 1 saturated heterocycles. The van der Waals surface area contributed by atoms with Crippen molar-refractivity contribution in [2.75, 3.05) is 19.8 Å². The fourth-order valence-corrected chi connectivity index (χ4v) is 6.14. The first-order valence-corrected chi connectivity index (χ1v) is 23.5. The van der Waals surface area contributed by atoms with Crippen LogP contribution in [-0.2, 0) is 42.2 Å². The van der Waals surface area contributed by atoms with Crippen molar-refractivity contribution in [1.82, 2.24) is 0 Å². The van der Waals surface area contributed by atoms with E-state index in [0.29, 0.717) is 31.5 Å². The predicted molar refractivity (Wildman–Crippen MR) is 244 cm³/mol. The van der Waals surface area contributed by atoms with Gasteiger partial charge in [-0.25, -0.2) is 4.57 Å². The standard InChI is InChI=1S/C48H74NO11P/c1-3-5-7-8-9-10-11-12-13-14-15-16-21-24-27-30-34-38-47(51)59-42(40-57-61(54,55)58-41-43(49)48(52)53)39-56-46(50)37-33-29-26-23-20-18-17-19-22-25-28-32-36-45-44(60-45)35-31-6-4-2/h6,9-10,12-13,15-16,18-20,22,24,26-29,31-32,42-45H,3-5,7-8,11,14,17,21,23,25,30,33-41,49H2,1-2H3,(H,52,53)(H,54,55)/b10-9-,13-12-,16-15-,20-18-,22-19-,27-24-,29-26-,31-6-,32-28-/t42-,43+,44?,45?/m1/s1. The molecule has 0 saturated carbocycles. The normalized spacial score (nSPS) is 18.0. The summed E-state index contributed by atoms with van der Waals surface area (Å²) in [5, 5.41) is 8.89. The first-order valence-electron chi connectivity index (χ1n) is 22.0. The highest BCUT2D eigenvalue weighted by Gasteiger charge is 2.36. The molecule has 1 aliphatic rings. The van der Waals surface area contributed by atoms with Gasteiger partial charge in [0.25, 0.3) is 0 Å². The van der Waals surface area contributed by atoms with Crippen LogP contribution < -0.4 is 5.73 Å². The Morgan fingerprint density at radius 2 is 1.08 bits per heavy atom. The number of epoxide rings is 1. The van der Waals surface area contributed by atoms with Gasteiger partial charge < -0.3 is 29.9 Å². The monoisotopic (exact) mass is 871 g/mol. The molecule has 0 spiro atoms. The van der Waals surface area contributed by atoms with Gasteiger partial charge in [0.15, 0.2) is 6.10 Å². The van der Waals surface area contributed by atoms with Crippen LogP contribution in [0.3, 0.4) is 0 Å². The molecule has 13 heteroatoms. The maximum absolute atomic E-state index is 12.6. The summed E-state index contributed by atoms with van der Waals surface area (Å²) in [4.78, 5) is 45.9. The van der Waals surface area contributed by atoms with Gasteiger partial charge in [-0.1, -0.05) is 136 Å². The number of unbranched alkanes of at least 4 members (excludes halogenated alkanes) is 4. The quantitative estimate of drug-likeness (QED) is 0.0176. The molecule has 0 bridgehead atoms. The summed E-state index contributed by atoms with van der Waals surface area (Å²) in [7, 11) is -4.76. The molecule has 3 unspecified atom stereocenters. The lowest BCUT2D eigenvalue weighted by Crippen LogP contribution is -2.34. The van der Waals surface area contributed by atoms with Crippen molar-refractivity contribution < 1.29 is 52.2 Å². The average Bonchev–Trinajstić information content (AvgIpc) is 3.99. The number of carbonyl (C=O) groups excluding carboxylic acids is 2. The number of rotatable bonds is 38. The van der Waals surface area contributed by atoms with Crippen LogP contribution in [0.4, 0.5) is 0 Å². The van der Waals surface area contributed by atoms with Crippen LogP contribution in [0, 0.1) is 0 Å². The molecule has 0 amide bonds. The zero-order valence-corrected chi connectivity index (χ0v) is 37.5. The van der Waals surface area contributed by atoms with Crippen molar-refractivity contribution in [3.05, 3.63) is 109 Å². The van der Waals surface area contributed by atoms with Gasteiger partial charge in [-0.15, -0.1) is 0 Å². The van der Waals surface area contributed by atoms with E-state index in [2.05, 4.69) is 103 Å². The van der Waals surface area contributed by atoms with Gasteiger partial charge in [0.1, 0.15) is 12.6 Å². The Labute approximate surface area is 365 Å². The number of hydrogen-bond acceptors (Lipinski definition) is 10. The number of ether oxygens (including phenoxy) is 3. The summed E-state index contributed by atoms with van der Waals surface area (Å²) < 4.78 is 38.2. The topological polar surface area (TPSA) is 184 Å². The second-order valence-corrected chi connectivity index (χ2v) is 15.9. The maximum atomic E-state index is 12.6. The van der Waals surface area contributed by atoms with Crippen molar-refractivity contribution >= 4 is 25.7 Å². The number of carboxylic acid groups (broad SMARTS) is 1. The number of aliphatic carboxylic acids is 1. The molecule has 0 radical (unpaired) electrons. The Bertz CT molecular complexity index is 1510. The van der Waals surface area contributed by atoms with Crippen LogP contribution in [0.5, 0.6) is 0 Å². The van der Waals surface area contributed by atoms with E-state index >= 15 is 0 Å². The van der Waals surface area contributed by atoms with E-state index in [9.17, 15) is 23.8 Å². The molecular weight excluding hydrogens is 797 g/mol. The number of hydrogen-bond donors (Lipinski definition) is 3. The Morgan fingerprint density at radius 3 is 1.61 bits per heavy atom. The van der Waals surface area contributed by atoms with Gasteiger partial charge >= 0.3 is 25.7 Å². The second kappa shape index (κ2) is 37.8. The summed E-state index contributed by atoms with van der Waals surface area (Å²) in [6.45, 7) is 2.50. The minimum atomic E-state index is -4.76. The summed E-state index contributed by atoms with van der Waals surface area (Å²) >= 11 is 0. The largest absolute Gasteiger partial charge is 0.480 e. The molecule has 12 nitrogen and oxygen atoms in total. The highest BCUT2D eigenvalue weighted by molar-refractivity contribution is 7.47. The van der Waals surface area contributed by atoms with E-state index in [1.54, 1.807) is 0 Å². The number of phosphoric ester groups is 1. The third-order valence-corrected chi connectivity index (χ3v) is 9.87. The van der Waals surface area contributed by atoms with Gasteiger partial charge in [-0.2, -0.15) is 0 Å². The number of carbonyl (C=O) groups is 3. The molecule has 0 aromatic heterocycles. The molecule has 5 atom stereocenters. The summed E-state index contributed by atoms with van der Waals surface area (Å²) in [5.41, 5.74) is 5.32. The van der Waals surface area contributed by atoms with Crippen molar-refractivity contribution in [3.63, 3.8) is 0 Å². The number of nitrogens with two attached hydrogens (primary N) is 1. The van der Waals surface area contributed by atoms with Crippen molar-refractivity contribution in [2.24, 2.45) is 5.73 Å². The predicted octanol–water partition coefficient (Wildman–Crippen LogP) is 10.8. The van der Waals surface area contributed by atoms with E-state index in [-0.39, 0.29) is 12.8 Å². The highest BCUT2D eigenvalue weighted by atomic mass is 31.2. The number of esters is 2. The van der Waals surface area contributed by atoms with E-state index in [1.165, 1.54) is 19.3 Å². The van der Waals surface area contributed by atoms with Crippen molar-refractivity contribution in [3.8, 4) is 0 Å². The first-order chi connectivity index (χ1) is 29.6. The van der Waals surface area contributed by atoms with E-state index < -0.39 is 57.7 Å². The summed E-state index contributed by atoms with van der Waals surface area (Å²) in [6, 6.07) is -1.55. The Morgan fingerprint density at radius 1 is 0.607 bits per heavy atom. The van der Waals surface area contributed by atoms with Crippen LogP contribution in [0.25, 0.3) is 0 Å². The SMILES string of the molecule is CC/C=C\CC1OC1C/C=C\C/C=C\C/C=C\C/C=C\CCC(=O)OC[C@H](COP(=O)(O)OC[C@H](N)C(=O)O)OC(=O)CCC/C=C\C/C=C\C/C=C\C/C=C\CCCCC. The molecule has 4 N–H and O–H groups in total. The third-order valence-electron chi connectivity index (χ3n) is 8.92. The van der Waals surface area contributed by atoms with Gasteiger partial charge in [-0.3, -0.25) is 23.4 Å². The molecule has 0 aromatic rings. The lowest BCUT2D eigenvalue weighted by atomic mass is 10.1. The van der Waals surface area contributed by atoms with Crippen molar-refractivity contribution in [1.29, 1.82) is 0 Å². The van der Waals surface area contributed by atoms with Crippen LogP contribution in [0.15, 0.2) is 109 Å². The highest BCUT2D eigenvalue weighted by Crippen LogP contribution is 2.43. The van der Waals surface area contributed by atoms with Crippen LogP contribution >= 0.6 is 7.82 Å². The Hall–Kier alpha value is -3.90. The summed E-state index contributed by atoms with van der Waals surface area (Å²) in [5.74, 6) is -2.58. The second-order valence-electron chi connectivity index (χ2n) is 14.5. The van der Waals surface area contributed by atoms with Crippen LogP contribution in [0.1, 0.15) is 129 Å². The molecular formula is C48H74NO11P. The van der Waals surface area contributed by atoms with E-state index in [1.807, 2.05) is 24.3 Å². The van der Waals surface area contributed by atoms with Crippen molar-refractivity contribution in [2.45, 2.75) is 154 Å².